The first-order valence-corrected chi connectivity index (χ1v) is 10.1. The Morgan fingerprint density at radius 2 is 1.78 bits per heavy atom. The maximum absolute atomic E-state index is 11.8. The zero-order valence-electron chi connectivity index (χ0n) is 15.4. The van der Waals surface area contributed by atoms with Crippen LogP contribution in [-0.2, 0) is 9.67 Å². The van der Waals surface area contributed by atoms with Crippen molar-refractivity contribution in [2.75, 3.05) is 13.2 Å². The van der Waals surface area contributed by atoms with Crippen molar-refractivity contribution in [2.45, 2.75) is 29.6 Å². The molecule has 2 aromatic carbocycles. The molecule has 0 saturated carbocycles. The van der Waals surface area contributed by atoms with Crippen molar-refractivity contribution in [1.82, 2.24) is 9.55 Å². The molecule has 140 valence electrons. The van der Waals surface area contributed by atoms with Crippen molar-refractivity contribution in [3.63, 3.8) is 0 Å². The van der Waals surface area contributed by atoms with Crippen molar-refractivity contribution in [2.24, 2.45) is 5.92 Å². The fourth-order valence-electron chi connectivity index (χ4n) is 3.65. The van der Waals surface area contributed by atoms with Gasteiger partial charge in [-0.2, -0.15) is 0 Å². The van der Waals surface area contributed by atoms with Gasteiger partial charge in [0.25, 0.3) is 0 Å². The van der Waals surface area contributed by atoms with Crippen molar-refractivity contribution in [3.05, 3.63) is 78.4 Å². The molecular weight excluding hydrogens is 356 g/mol. The number of aromatic nitrogens is 2. The first-order valence-electron chi connectivity index (χ1n) is 9.32. The molecule has 27 heavy (non-hydrogen) atoms. The van der Waals surface area contributed by atoms with Crippen LogP contribution in [0.25, 0.3) is 5.69 Å². The Morgan fingerprint density at radius 3 is 2.41 bits per heavy atom. The molecule has 4 rings (SSSR count). The molecule has 1 aliphatic heterocycles. The standard InChI is InChI=1S/C22H24N2O2S/c1-17-23-13-14-24(17)20-9-7-18(8-10-20)22(25,19-11-15-26-16-12-19)27-21-5-3-2-4-6-21/h2-10,13-14,19,25H,11-12,15-16H2,1H3. The minimum atomic E-state index is -0.979. The third-order valence-corrected chi connectivity index (χ3v) is 6.56. The van der Waals surface area contributed by atoms with E-state index in [1.54, 1.807) is 6.20 Å². The van der Waals surface area contributed by atoms with E-state index in [9.17, 15) is 5.11 Å². The zero-order chi connectivity index (χ0) is 18.7. The number of thioether (sulfide) groups is 1. The van der Waals surface area contributed by atoms with Crippen LogP contribution in [0, 0.1) is 12.8 Å². The Balaban J connectivity index is 1.68. The highest BCUT2D eigenvalue weighted by atomic mass is 32.2. The summed E-state index contributed by atoms with van der Waals surface area (Å²) in [7, 11) is 0. The number of hydrogen-bond donors (Lipinski definition) is 1. The number of benzene rings is 2. The highest BCUT2D eigenvalue weighted by Crippen LogP contribution is 2.48. The van der Waals surface area contributed by atoms with Crippen LogP contribution in [0.1, 0.15) is 24.2 Å². The largest absolute Gasteiger partial charge is 0.381 e. The van der Waals surface area contributed by atoms with Crippen LogP contribution in [0.15, 0.2) is 71.9 Å². The first kappa shape index (κ1) is 18.3. The summed E-state index contributed by atoms with van der Waals surface area (Å²) >= 11 is 1.54. The molecule has 1 unspecified atom stereocenters. The van der Waals surface area contributed by atoms with Gasteiger partial charge in [-0.25, -0.2) is 4.98 Å². The summed E-state index contributed by atoms with van der Waals surface area (Å²) in [4.78, 5) is 4.38. The van der Waals surface area contributed by atoms with E-state index in [1.807, 2.05) is 48.0 Å². The average Bonchev–Trinajstić information content (AvgIpc) is 3.15. The molecule has 0 amide bonds. The number of imidazole rings is 1. The second-order valence-corrected chi connectivity index (χ2v) is 8.19. The van der Waals surface area contributed by atoms with E-state index in [0.29, 0.717) is 13.2 Å². The van der Waals surface area contributed by atoms with Crippen molar-refractivity contribution < 1.29 is 9.84 Å². The summed E-state index contributed by atoms with van der Waals surface area (Å²) in [5.74, 6) is 1.10. The second-order valence-electron chi connectivity index (χ2n) is 6.89. The van der Waals surface area contributed by atoms with Crippen LogP contribution in [-0.4, -0.2) is 27.9 Å². The number of aryl methyl sites for hydroxylation is 1. The molecular formula is C22H24N2O2S. The summed E-state index contributed by atoms with van der Waals surface area (Å²) < 4.78 is 7.57. The van der Waals surface area contributed by atoms with Crippen LogP contribution in [0.3, 0.4) is 0 Å². The molecule has 1 aromatic heterocycles. The lowest BCUT2D eigenvalue weighted by molar-refractivity contribution is -0.0121. The fourth-order valence-corrected chi connectivity index (χ4v) is 4.96. The van der Waals surface area contributed by atoms with Gasteiger partial charge in [-0.05, 0) is 49.6 Å². The van der Waals surface area contributed by atoms with Gasteiger partial charge in [0, 0.05) is 42.1 Å². The molecule has 1 fully saturated rings. The van der Waals surface area contributed by atoms with E-state index in [-0.39, 0.29) is 5.92 Å². The Bertz CT molecular complexity index is 873. The van der Waals surface area contributed by atoms with Gasteiger partial charge in [0.15, 0.2) is 0 Å². The summed E-state index contributed by atoms with van der Waals surface area (Å²) in [5.41, 5.74) is 1.98. The lowest BCUT2D eigenvalue weighted by Gasteiger charge is -2.38. The molecule has 0 bridgehead atoms. The van der Waals surface area contributed by atoms with Crippen LogP contribution < -0.4 is 0 Å². The van der Waals surface area contributed by atoms with E-state index < -0.39 is 4.93 Å². The molecule has 1 saturated heterocycles. The first-order chi connectivity index (χ1) is 13.2. The fraction of sp³-hybridized carbons (Fsp3) is 0.318. The van der Waals surface area contributed by atoms with Crippen LogP contribution >= 0.6 is 11.8 Å². The van der Waals surface area contributed by atoms with Gasteiger partial charge in [0.05, 0.1) is 0 Å². The zero-order valence-corrected chi connectivity index (χ0v) is 16.2. The lowest BCUT2D eigenvalue weighted by atomic mass is 9.88. The molecule has 1 aliphatic rings. The minimum Gasteiger partial charge on any atom is -0.381 e. The lowest BCUT2D eigenvalue weighted by Crippen LogP contribution is -2.35. The molecule has 1 atom stereocenters. The highest BCUT2D eigenvalue weighted by Gasteiger charge is 2.40. The van der Waals surface area contributed by atoms with Crippen LogP contribution in [0.4, 0.5) is 0 Å². The van der Waals surface area contributed by atoms with Gasteiger partial charge in [0.2, 0.25) is 0 Å². The van der Waals surface area contributed by atoms with Crippen molar-refractivity contribution in [1.29, 1.82) is 0 Å². The van der Waals surface area contributed by atoms with Gasteiger partial charge in [-0.15, -0.1) is 0 Å². The van der Waals surface area contributed by atoms with Crippen molar-refractivity contribution in [3.8, 4) is 5.69 Å². The number of aliphatic hydroxyl groups is 1. The quantitative estimate of drug-likeness (QED) is 0.521. The third-order valence-electron chi connectivity index (χ3n) is 5.18. The third kappa shape index (κ3) is 3.81. The SMILES string of the molecule is Cc1nccn1-c1ccc(C(O)(Sc2ccccc2)C2CCOCC2)cc1. The second kappa shape index (κ2) is 7.89. The van der Waals surface area contributed by atoms with Gasteiger partial charge in [-0.1, -0.05) is 42.1 Å². The summed E-state index contributed by atoms with van der Waals surface area (Å²) in [6.45, 7) is 3.39. The van der Waals surface area contributed by atoms with Gasteiger partial charge in [0.1, 0.15) is 10.8 Å². The topological polar surface area (TPSA) is 47.3 Å². The van der Waals surface area contributed by atoms with Crippen molar-refractivity contribution >= 4 is 11.8 Å². The average molecular weight is 381 g/mol. The number of nitrogens with zero attached hydrogens (tertiary/aromatic N) is 2. The predicted molar refractivity (Wildman–Crippen MR) is 108 cm³/mol. The van der Waals surface area contributed by atoms with Gasteiger partial charge >= 0.3 is 0 Å². The van der Waals surface area contributed by atoms with Crippen LogP contribution in [0.2, 0.25) is 0 Å². The summed E-state index contributed by atoms with van der Waals surface area (Å²) in [5, 5.41) is 11.8. The number of hydrogen-bond acceptors (Lipinski definition) is 4. The van der Waals surface area contributed by atoms with E-state index in [4.69, 9.17) is 4.74 Å². The molecule has 5 heteroatoms. The van der Waals surface area contributed by atoms with Gasteiger partial charge in [-0.3, -0.25) is 0 Å². The summed E-state index contributed by atoms with van der Waals surface area (Å²) in [6, 6.07) is 18.3. The Labute approximate surface area is 164 Å². The van der Waals surface area contributed by atoms with E-state index in [0.717, 1.165) is 34.8 Å². The maximum Gasteiger partial charge on any atom is 0.143 e. The Kier molecular flexibility index (Phi) is 5.34. The smallest absolute Gasteiger partial charge is 0.143 e. The maximum atomic E-state index is 11.8. The highest BCUT2D eigenvalue weighted by molar-refractivity contribution is 8.00. The Morgan fingerprint density at radius 1 is 1.07 bits per heavy atom. The number of rotatable bonds is 5. The van der Waals surface area contributed by atoms with E-state index in [1.165, 1.54) is 11.8 Å². The molecule has 0 spiro atoms. The number of ether oxygens (including phenoxy) is 1. The molecule has 3 aromatic rings. The minimum absolute atomic E-state index is 0.150. The molecule has 2 heterocycles. The normalized spacial score (nSPS) is 17.6. The molecule has 1 N–H and O–H groups in total. The molecule has 0 radical (unpaired) electrons. The molecule has 0 aliphatic carbocycles. The Hall–Kier alpha value is -2.08. The van der Waals surface area contributed by atoms with E-state index in [2.05, 4.69) is 29.2 Å². The van der Waals surface area contributed by atoms with Crippen LogP contribution in [0.5, 0.6) is 0 Å². The van der Waals surface area contributed by atoms with E-state index >= 15 is 0 Å². The monoisotopic (exact) mass is 380 g/mol. The van der Waals surface area contributed by atoms with Gasteiger partial charge < -0.3 is 14.4 Å². The molecule has 4 nitrogen and oxygen atoms in total. The predicted octanol–water partition coefficient (Wildman–Crippen LogP) is 4.54. The summed E-state index contributed by atoms with van der Waals surface area (Å²) in [6.07, 6.45) is 5.47.